The largest absolute Gasteiger partial charge is 0.325 e. The number of urea groups is 1. The summed E-state index contributed by atoms with van der Waals surface area (Å²) in [6.45, 7) is 7.27. The number of nitrogens with one attached hydrogen (secondary N) is 2. The Kier molecular flexibility index (Phi) is 5.32. The number of halogens is 1. The normalized spacial score (nSPS) is 20.5. The quantitative estimate of drug-likeness (QED) is 0.751. The van der Waals surface area contributed by atoms with Gasteiger partial charge >= 0.3 is 6.03 Å². The van der Waals surface area contributed by atoms with E-state index in [-0.39, 0.29) is 18.4 Å². The van der Waals surface area contributed by atoms with E-state index in [1.807, 2.05) is 32.9 Å². The molecule has 0 aromatic heterocycles. The molecule has 130 valence electrons. The number of benzene rings is 1. The first kappa shape index (κ1) is 18.4. The fourth-order valence-corrected chi connectivity index (χ4v) is 3.16. The molecule has 1 aromatic carbocycles. The van der Waals surface area contributed by atoms with E-state index in [2.05, 4.69) is 26.6 Å². The van der Waals surface area contributed by atoms with Crippen molar-refractivity contribution in [2.24, 2.45) is 5.92 Å². The minimum absolute atomic E-state index is 0.249. The van der Waals surface area contributed by atoms with E-state index in [1.54, 1.807) is 13.0 Å². The van der Waals surface area contributed by atoms with E-state index >= 15 is 0 Å². The lowest BCUT2D eigenvalue weighted by atomic mass is 9.91. The molecule has 1 fully saturated rings. The maximum absolute atomic E-state index is 12.5. The third-order valence-electron chi connectivity index (χ3n) is 3.91. The summed E-state index contributed by atoms with van der Waals surface area (Å²) >= 11 is 3.40. The number of rotatable bonds is 5. The van der Waals surface area contributed by atoms with E-state index in [0.29, 0.717) is 12.1 Å². The summed E-state index contributed by atoms with van der Waals surface area (Å²) in [7, 11) is 0. The van der Waals surface area contributed by atoms with Gasteiger partial charge in [0, 0.05) is 10.2 Å². The Morgan fingerprint density at radius 2 is 2.04 bits per heavy atom. The Balaban J connectivity index is 2.04. The van der Waals surface area contributed by atoms with Gasteiger partial charge in [0.2, 0.25) is 5.91 Å². The summed E-state index contributed by atoms with van der Waals surface area (Å²) < 4.78 is 0.944. The molecule has 1 aliphatic heterocycles. The van der Waals surface area contributed by atoms with Crippen LogP contribution in [0.25, 0.3) is 0 Å². The second kappa shape index (κ2) is 6.93. The lowest BCUT2D eigenvalue weighted by molar-refractivity contribution is -0.133. The van der Waals surface area contributed by atoms with Crippen LogP contribution in [0.3, 0.4) is 0 Å². The third kappa shape index (κ3) is 3.95. The van der Waals surface area contributed by atoms with E-state index < -0.39 is 17.5 Å². The SMILES string of the molecule is Cc1cc(NC(=O)CN2C(=O)NC(C)(CC(C)C)C2=O)ccc1Br. The first-order chi connectivity index (χ1) is 11.1. The molecule has 0 spiro atoms. The molecular formula is C17H22BrN3O3. The van der Waals surface area contributed by atoms with Crippen molar-refractivity contribution >= 4 is 39.5 Å². The van der Waals surface area contributed by atoms with Crippen molar-refractivity contribution in [1.82, 2.24) is 10.2 Å². The third-order valence-corrected chi connectivity index (χ3v) is 4.79. The lowest BCUT2D eigenvalue weighted by Gasteiger charge is -2.23. The lowest BCUT2D eigenvalue weighted by Crippen LogP contribution is -2.45. The van der Waals surface area contributed by atoms with Crippen LogP contribution >= 0.6 is 15.9 Å². The van der Waals surface area contributed by atoms with Gasteiger partial charge in [0.15, 0.2) is 0 Å². The van der Waals surface area contributed by atoms with Crippen LogP contribution in [0.1, 0.15) is 32.8 Å². The van der Waals surface area contributed by atoms with Crippen LogP contribution < -0.4 is 10.6 Å². The van der Waals surface area contributed by atoms with Crippen LogP contribution in [0, 0.1) is 12.8 Å². The molecule has 1 saturated heterocycles. The Hall–Kier alpha value is -1.89. The predicted octanol–water partition coefficient (Wildman–Crippen LogP) is 3.05. The molecule has 4 amide bonds. The summed E-state index contributed by atoms with van der Waals surface area (Å²) in [4.78, 5) is 37.8. The Morgan fingerprint density at radius 1 is 1.38 bits per heavy atom. The van der Waals surface area contributed by atoms with Crippen LogP contribution in [0.5, 0.6) is 0 Å². The van der Waals surface area contributed by atoms with Crippen molar-refractivity contribution in [3.05, 3.63) is 28.2 Å². The molecule has 0 bridgehead atoms. The van der Waals surface area contributed by atoms with Crippen molar-refractivity contribution in [3.63, 3.8) is 0 Å². The predicted molar refractivity (Wildman–Crippen MR) is 95.6 cm³/mol. The summed E-state index contributed by atoms with van der Waals surface area (Å²) in [5.41, 5.74) is 0.657. The van der Waals surface area contributed by atoms with Crippen LogP contribution in [-0.2, 0) is 9.59 Å². The van der Waals surface area contributed by atoms with Crippen molar-refractivity contribution in [1.29, 1.82) is 0 Å². The zero-order chi connectivity index (χ0) is 18.1. The van der Waals surface area contributed by atoms with Crippen LogP contribution in [0.2, 0.25) is 0 Å². The van der Waals surface area contributed by atoms with Crippen LogP contribution in [0.4, 0.5) is 10.5 Å². The number of amides is 4. The number of carbonyl (C=O) groups excluding carboxylic acids is 3. The van der Waals surface area contributed by atoms with E-state index in [9.17, 15) is 14.4 Å². The van der Waals surface area contributed by atoms with Crippen molar-refractivity contribution in [3.8, 4) is 0 Å². The van der Waals surface area contributed by atoms with Gasteiger partial charge in [-0.05, 0) is 49.9 Å². The van der Waals surface area contributed by atoms with Crippen LogP contribution in [0.15, 0.2) is 22.7 Å². The maximum atomic E-state index is 12.5. The highest BCUT2D eigenvalue weighted by Gasteiger charge is 2.48. The first-order valence-electron chi connectivity index (χ1n) is 7.82. The van der Waals surface area contributed by atoms with Crippen LogP contribution in [-0.4, -0.2) is 34.8 Å². The van der Waals surface area contributed by atoms with E-state index in [1.165, 1.54) is 0 Å². The zero-order valence-electron chi connectivity index (χ0n) is 14.3. The fourth-order valence-electron chi connectivity index (χ4n) is 2.91. The highest BCUT2D eigenvalue weighted by Crippen LogP contribution is 2.25. The minimum atomic E-state index is -0.945. The minimum Gasteiger partial charge on any atom is -0.325 e. The fraction of sp³-hybridized carbons (Fsp3) is 0.471. The topological polar surface area (TPSA) is 78.5 Å². The van der Waals surface area contributed by atoms with Gasteiger partial charge in [0.25, 0.3) is 5.91 Å². The average molecular weight is 396 g/mol. The molecule has 2 rings (SSSR count). The van der Waals surface area contributed by atoms with Crippen molar-refractivity contribution in [2.45, 2.75) is 39.7 Å². The molecule has 0 radical (unpaired) electrons. The molecule has 0 saturated carbocycles. The molecule has 0 aliphatic carbocycles. The number of imide groups is 1. The molecular weight excluding hydrogens is 374 g/mol. The number of hydrogen-bond acceptors (Lipinski definition) is 3. The molecule has 1 heterocycles. The van der Waals surface area contributed by atoms with Gasteiger partial charge in [-0.1, -0.05) is 29.8 Å². The number of anilines is 1. The first-order valence-corrected chi connectivity index (χ1v) is 8.62. The summed E-state index contributed by atoms with van der Waals surface area (Å²) in [5.74, 6) is -0.517. The molecule has 6 nitrogen and oxygen atoms in total. The van der Waals surface area contributed by atoms with Gasteiger partial charge in [-0.15, -0.1) is 0 Å². The van der Waals surface area contributed by atoms with Gasteiger partial charge in [-0.3, -0.25) is 14.5 Å². The van der Waals surface area contributed by atoms with Gasteiger partial charge in [-0.25, -0.2) is 4.79 Å². The van der Waals surface area contributed by atoms with Gasteiger partial charge in [-0.2, -0.15) is 0 Å². The number of aryl methyl sites for hydroxylation is 1. The molecule has 1 unspecified atom stereocenters. The smallest absolute Gasteiger partial charge is 0.325 e. The second-order valence-corrected chi connectivity index (χ2v) is 7.62. The molecule has 7 heteroatoms. The number of nitrogens with zero attached hydrogens (tertiary/aromatic N) is 1. The van der Waals surface area contributed by atoms with E-state index in [0.717, 1.165) is 14.9 Å². The molecule has 24 heavy (non-hydrogen) atoms. The summed E-state index contributed by atoms with van der Waals surface area (Å²) in [6, 6.07) is 4.88. The Bertz CT molecular complexity index is 690. The Labute approximate surface area is 150 Å². The monoisotopic (exact) mass is 395 g/mol. The highest BCUT2D eigenvalue weighted by molar-refractivity contribution is 9.10. The maximum Gasteiger partial charge on any atom is 0.325 e. The zero-order valence-corrected chi connectivity index (χ0v) is 15.9. The second-order valence-electron chi connectivity index (χ2n) is 6.76. The number of carbonyl (C=O) groups is 3. The molecule has 2 N–H and O–H groups in total. The highest BCUT2D eigenvalue weighted by atomic mass is 79.9. The number of hydrogen-bond donors (Lipinski definition) is 2. The van der Waals surface area contributed by atoms with Crippen molar-refractivity contribution in [2.75, 3.05) is 11.9 Å². The van der Waals surface area contributed by atoms with Gasteiger partial charge < -0.3 is 10.6 Å². The molecule has 1 atom stereocenters. The van der Waals surface area contributed by atoms with Gasteiger partial charge in [0.1, 0.15) is 12.1 Å². The summed E-state index contributed by atoms with van der Waals surface area (Å²) in [6.07, 6.45) is 0.529. The molecule has 1 aromatic rings. The van der Waals surface area contributed by atoms with Crippen molar-refractivity contribution < 1.29 is 14.4 Å². The standard InChI is InChI=1S/C17H22BrN3O3/c1-10(2)8-17(4)15(23)21(16(24)20-17)9-14(22)19-12-5-6-13(18)11(3)7-12/h5-7,10H,8-9H2,1-4H3,(H,19,22)(H,20,24). The Morgan fingerprint density at radius 3 is 2.62 bits per heavy atom. The van der Waals surface area contributed by atoms with E-state index in [4.69, 9.17) is 0 Å². The van der Waals surface area contributed by atoms with Gasteiger partial charge in [0.05, 0.1) is 0 Å². The summed E-state index contributed by atoms with van der Waals surface area (Å²) in [5, 5.41) is 5.41. The average Bonchev–Trinajstić information content (AvgIpc) is 2.65. The molecule has 1 aliphatic rings.